The molecule has 0 saturated heterocycles. The Morgan fingerprint density at radius 2 is 2.16 bits per heavy atom. The fraction of sp³-hybridized carbons (Fsp3) is 0.214. The molecule has 0 aromatic carbocycles. The van der Waals surface area contributed by atoms with Crippen molar-refractivity contribution in [2.24, 2.45) is 0 Å². The Balaban J connectivity index is 2.11. The van der Waals surface area contributed by atoms with Crippen LogP contribution >= 0.6 is 0 Å². The standard InChI is InChI=1S/C14H15N3O2/c1-3-19-14(18)11-6-7-13(16-9-11)17-12-5-4-8-15-10(12)2/h4-9H,3H2,1-2H3,(H,16,17). The molecule has 0 atom stereocenters. The molecule has 0 bridgehead atoms. The Hall–Kier alpha value is -2.43. The number of aromatic nitrogens is 2. The van der Waals surface area contributed by atoms with Crippen LogP contribution in [0.2, 0.25) is 0 Å². The van der Waals surface area contributed by atoms with Crippen molar-refractivity contribution < 1.29 is 9.53 Å². The Labute approximate surface area is 111 Å². The van der Waals surface area contributed by atoms with Gasteiger partial charge in [0, 0.05) is 12.4 Å². The summed E-state index contributed by atoms with van der Waals surface area (Å²) in [6.07, 6.45) is 3.23. The van der Waals surface area contributed by atoms with Crippen molar-refractivity contribution in [3.05, 3.63) is 47.9 Å². The molecule has 0 aliphatic heterocycles. The molecule has 2 rings (SSSR count). The third-order valence-corrected chi connectivity index (χ3v) is 2.54. The first-order valence-electron chi connectivity index (χ1n) is 6.02. The molecule has 0 aliphatic rings. The summed E-state index contributed by atoms with van der Waals surface area (Å²) in [5.74, 6) is 0.295. The monoisotopic (exact) mass is 257 g/mol. The van der Waals surface area contributed by atoms with Crippen molar-refractivity contribution in [2.75, 3.05) is 11.9 Å². The molecule has 0 saturated carbocycles. The van der Waals surface area contributed by atoms with Gasteiger partial charge in [-0.3, -0.25) is 4.98 Å². The van der Waals surface area contributed by atoms with Gasteiger partial charge in [-0.1, -0.05) is 0 Å². The molecule has 19 heavy (non-hydrogen) atoms. The first-order valence-corrected chi connectivity index (χ1v) is 6.02. The van der Waals surface area contributed by atoms with E-state index in [-0.39, 0.29) is 5.97 Å². The average Bonchev–Trinajstić information content (AvgIpc) is 2.42. The van der Waals surface area contributed by atoms with Crippen molar-refractivity contribution in [2.45, 2.75) is 13.8 Å². The highest BCUT2D eigenvalue weighted by atomic mass is 16.5. The van der Waals surface area contributed by atoms with E-state index in [2.05, 4.69) is 15.3 Å². The molecule has 98 valence electrons. The van der Waals surface area contributed by atoms with Crippen LogP contribution in [0.1, 0.15) is 23.0 Å². The van der Waals surface area contributed by atoms with Crippen LogP contribution < -0.4 is 5.32 Å². The summed E-state index contributed by atoms with van der Waals surface area (Å²) in [7, 11) is 0. The zero-order valence-electron chi connectivity index (χ0n) is 10.9. The number of hydrogen-bond donors (Lipinski definition) is 1. The van der Waals surface area contributed by atoms with Crippen molar-refractivity contribution in [1.29, 1.82) is 0 Å². The first kappa shape index (κ1) is 13.0. The Kier molecular flexibility index (Phi) is 4.07. The maximum absolute atomic E-state index is 11.5. The van der Waals surface area contributed by atoms with E-state index in [9.17, 15) is 4.79 Å². The molecule has 0 aliphatic carbocycles. The van der Waals surface area contributed by atoms with Crippen LogP contribution in [0, 0.1) is 6.92 Å². The van der Waals surface area contributed by atoms with Gasteiger partial charge >= 0.3 is 5.97 Å². The van der Waals surface area contributed by atoms with E-state index in [4.69, 9.17) is 4.74 Å². The Bertz CT molecular complexity index is 567. The maximum Gasteiger partial charge on any atom is 0.339 e. The first-order chi connectivity index (χ1) is 9.20. The molecule has 0 amide bonds. The molecule has 0 radical (unpaired) electrons. The van der Waals surface area contributed by atoms with E-state index in [1.165, 1.54) is 6.20 Å². The number of rotatable bonds is 4. The summed E-state index contributed by atoms with van der Waals surface area (Å²) >= 11 is 0. The summed E-state index contributed by atoms with van der Waals surface area (Å²) in [6.45, 7) is 4.04. The van der Waals surface area contributed by atoms with Crippen molar-refractivity contribution in [3.63, 3.8) is 0 Å². The van der Waals surface area contributed by atoms with Crippen LogP contribution in [0.25, 0.3) is 0 Å². The van der Waals surface area contributed by atoms with Crippen LogP contribution in [0.3, 0.4) is 0 Å². The van der Waals surface area contributed by atoms with Gasteiger partial charge in [-0.2, -0.15) is 0 Å². The van der Waals surface area contributed by atoms with Gasteiger partial charge in [0.1, 0.15) is 5.82 Å². The SMILES string of the molecule is CCOC(=O)c1ccc(Nc2cccnc2C)nc1. The second-order valence-electron chi connectivity index (χ2n) is 3.91. The minimum Gasteiger partial charge on any atom is -0.462 e. The fourth-order valence-electron chi connectivity index (χ4n) is 1.56. The van der Waals surface area contributed by atoms with E-state index in [0.29, 0.717) is 18.0 Å². The minimum absolute atomic E-state index is 0.355. The predicted molar refractivity (Wildman–Crippen MR) is 72.5 cm³/mol. The third kappa shape index (κ3) is 3.28. The third-order valence-electron chi connectivity index (χ3n) is 2.54. The second kappa shape index (κ2) is 5.95. The lowest BCUT2D eigenvalue weighted by Gasteiger charge is -2.08. The average molecular weight is 257 g/mol. The molecular formula is C14H15N3O2. The van der Waals surface area contributed by atoms with Gasteiger partial charge in [0.2, 0.25) is 0 Å². The number of ether oxygens (including phenoxy) is 1. The summed E-state index contributed by atoms with van der Waals surface area (Å²) in [5.41, 5.74) is 2.22. The van der Waals surface area contributed by atoms with E-state index < -0.39 is 0 Å². The highest BCUT2D eigenvalue weighted by Crippen LogP contribution is 2.16. The fourth-order valence-corrected chi connectivity index (χ4v) is 1.56. The van der Waals surface area contributed by atoms with Gasteiger partial charge in [0.05, 0.1) is 23.6 Å². The van der Waals surface area contributed by atoms with Gasteiger partial charge < -0.3 is 10.1 Å². The van der Waals surface area contributed by atoms with Crippen molar-refractivity contribution in [3.8, 4) is 0 Å². The number of carbonyl (C=O) groups excluding carboxylic acids is 1. The van der Waals surface area contributed by atoms with Crippen LogP contribution in [-0.2, 0) is 4.74 Å². The molecule has 0 unspecified atom stereocenters. The lowest BCUT2D eigenvalue weighted by atomic mass is 10.2. The molecule has 1 N–H and O–H groups in total. The lowest BCUT2D eigenvalue weighted by molar-refractivity contribution is 0.0526. The van der Waals surface area contributed by atoms with Crippen LogP contribution in [0.4, 0.5) is 11.5 Å². The molecule has 5 heteroatoms. The molecular weight excluding hydrogens is 242 g/mol. The van der Waals surface area contributed by atoms with E-state index >= 15 is 0 Å². The second-order valence-corrected chi connectivity index (χ2v) is 3.91. The Morgan fingerprint density at radius 1 is 1.32 bits per heavy atom. The number of nitrogens with zero attached hydrogens (tertiary/aromatic N) is 2. The highest BCUT2D eigenvalue weighted by molar-refractivity contribution is 5.89. The number of aryl methyl sites for hydroxylation is 1. The summed E-state index contributed by atoms with van der Waals surface area (Å²) in [4.78, 5) is 19.8. The molecule has 0 fully saturated rings. The highest BCUT2D eigenvalue weighted by Gasteiger charge is 2.07. The molecule has 2 aromatic heterocycles. The number of pyridine rings is 2. The van der Waals surface area contributed by atoms with E-state index in [1.54, 1.807) is 25.3 Å². The lowest BCUT2D eigenvalue weighted by Crippen LogP contribution is -2.05. The largest absolute Gasteiger partial charge is 0.462 e. The number of esters is 1. The summed E-state index contributed by atoms with van der Waals surface area (Å²) in [5, 5.41) is 3.14. The van der Waals surface area contributed by atoms with E-state index in [1.807, 2.05) is 19.1 Å². The Morgan fingerprint density at radius 3 is 2.79 bits per heavy atom. The number of carbonyl (C=O) groups is 1. The molecule has 5 nitrogen and oxygen atoms in total. The quantitative estimate of drug-likeness (QED) is 0.853. The summed E-state index contributed by atoms with van der Waals surface area (Å²) < 4.78 is 4.90. The maximum atomic E-state index is 11.5. The summed E-state index contributed by atoms with van der Waals surface area (Å²) in [6, 6.07) is 7.18. The van der Waals surface area contributed by atoms with Gasteiger partial charge in [0.15, 0.2) is 0 Å². The smallest absolute Gasteiger partial charge is 0.339 e. The normalized spacial score (nSPS) is 10.0. The molecule has 2 aromatic rings. The number of nitrogens with one attached hydrogen (secondary N) is 1. The van der Waals surface area contributed by atoms with Gasteiger partial charge in [-0.25, -0.2) is 9.78 Å². The van der Waals surface area contributed by atoms with Crippen LogP contribution in [-0.4, -0.2) is 22.5 Å². The van der Waals surface area contributed by atoms with Crippen LogP contribution in [0.15, 0.2) is 36.7 Å². The van der Waals surface area contributed by atoms with Crippen LogP contribution in [0.5, 0.6) is 0 Å². The van der Waals surface area contributed by atoms with Gasteiger partial charge in [-0.05, 0) is 38.1 Å². The zero-order chi connectivity index (χ0) is 13.7. The van der Waals surface area contributed by atoms with Gasteiger partial charge in [-0.15, -0.1) is 0 Å². The van der Waals surface area contributed by atoms with Crippen molar-refractivity contribution >= 4 is 17.5 Å². The molecule has 0 spiro atoms. The van der Waals surface area contributed by atoms with Gasteiger partial charge in [0.25, 0.3) is 0 Å². The molecule has 2 heterocycles. The minimum atomic E-state index is -0.362. The van der Waals surface area contributed by atoms with Crippen molar-refractivity contribution in [1.82, 2.24) is 9.97 Å². The topological polar surface area (TPSA) is 64.1 Å². The number of hydrogen-bond acceptors (Lipinski definition) is 5. The van der Waals surface area contributed by atoms with E-state index in [0.717, 1.165) is 11.4 Å². The predicted octanol–water partition coefficient (Wildman–Crippen LogP) is 2.71. The number of anilines is 2. The zero-order valence-corrected chi connectivity index (χ0v) is 10.9.